The van der Waals surface area contributed by atoms with E-state index < -0.39 is 5.82 Å². The highest BCUT2D eigenvalue weighted by Gasteiger charge is 2.32. The highest BCUT2D eigenvalue weighted by molar-refractivity contribution is 6.31. The average Bonchev–Trinajstić information content (AvgIpc) is 2.77. The summed E-state index contributed by atoms with van der Waals surface area (Å²) in [5.41, 5.74) is 3.52. The Kier molecular flexibility index (Phi) is 4.56. The summed E-state index contributed by atoms with van der Waals surface area (Å²) >= 11 is 5.95. The van der Waals surface area contributed by atoms with Gasteiger partial charge in [-0.3, -0.25) is 11.3 Å². The van der Waals surface area contributed by atoms with Gasteiger partial charge in [-0.25, -0.2) is 4.39 Å². The van der Waals surface area contributed by atoms with Gasteiger partial charge in [0, 0.05) is 6.61 Å². The van der Waals surface area contributed by atoms with E-state index in [-0.39, 0.29) is 17.2 Å². The minimum atomic E-state index is -0.398. The van der Waals surface area contributed by atoms with Crippen LogP contribution in [0.2, 0.25) is 5.02 Å². The number of hydrogen-bond donors (Lipinski definition) is 2. The van der Waals surface area contributed by atoms with Gasteiger partial charge in [0.15, 0.2) is 0 Å². The summed E-state index contributed by atoms with van der Waals surface area (Å²) in [6, 6.07) is 4.77. The van der Waals surface area contributed by atoms with Crippen LogP contribution >= 0.6 is 11.6 Å². The van der Waals surface area contributed by atoms with Crippen molar-refractivity contribution in [1.29, 1.82) is 0 Å². The van der Waals surface area contributed by atoms with Crippen molar-refractivity contribution in [2.75, 3.05) is 6.61 Å². The molecule has 1 fully saturated rings. The van der Waals surface area contributed by atoms with Crippen LogP contribution in [0.1, 0.15) is 18.9 Å². The minimum Gasteiger partial charge on any atom is -0.376 e. The highest BCUT2D eigenvalue weighted by atomic mass is 35.5. The van der Waals surface area contributed by atoms with Crippen LogP contribution in [0.25, 0.3) is 0 Å². The molecule has 5 heteroatoms. The van der Waals surface area contributed by atoms with Gasteiger partial charge in [-0.05, 0) is 30.4 Å². The lowest BCUT2D eigenvalue weighted by Gasteiger charge is -2.25. The molecular weight excluding hydrogens is 255 g/mol. The summed E-state index contributed by atoms with van der Waals surface area (Å²) in [4.78, 5) is 0. The predicted molar refractivity (Wildman–Crippen MR) is 69.7 cm³/mol. The normalized spacial score (nSPS) is 25.3. The first kappa shape index (κ1) is 13.7. The Balaban J connectivity index is 2.12. The molecule has 3 N–H and O–H groups in total. The molecule has 1 aliphatic rings. The summed E-state index contributed by atoms with van der Waals surface area (Å²) in [6.07, 6.45) is 1.64. The molecule has 0 aliphatic carbocycles. The van der Waals surface area contributed by atoms with E-state index >= 15 is 0 Å². The molecule has 1 aromatic carbocycles. The van der Waals surface area contributed by atoms with E-state index in [4.69, 9.17) is 22.2 Å². The van der Waals surface area contributed by atoms with Crippen LogP contribution in [0.15, 0.2) is 18.2 Å². The monoisotopic (exact) mass is 272 g/mol. The van der Waals surface area contributed by atoms with Gasteiger partial charge in [0.1, 0.15) is 5.82 Å². The molecule has 0 saturated carbocycles. The van der Waals surface area contributed by atoms with Gasteiger partial charge in [-0.15, -0.1) is 0 Å². The highest BCUT2D eigenvalue weighted by Crippen LogP contribution is 2.27. The Morgan fingerprint density at radius 1 is 1.61 bits per heavy atom. The molecular formula is C13H18ClFN2O. The van der Waals surface area contributed by atoms with E-state index in [0.717, 1.165) is 18.6 Å². The third kappa shape index (κ3) is 2.83. The number of hydrogen-bond acceptors (Lipinski definition) is 3. The lowest BCUT2D eigenvalue weighted by atomic mass is 9.93. The van der Waals surface area contributed by atoms with Gasteiger partial charge in [0.25, 0.3) is 0 Å². The lowest BCUT2D eigenvalue weighted by molar-refractivity contribution is 0.0610. The summed E-state index contributed by atoms with van der Waals surface area (Å²) < 4.78 is 19.1. The summed E-state index contributed by atoms with van der Waals surface area (Å²) in [5.74, 6) is 5.63. The molecule has 0 bridgehead atoms. The fourth-order valence-corrected chi connectivity index (χ4v) is 2.65. The fourth-order valence-electron chi connectivity index (χ4n) is 2.44. The Morgan fingerprint density at radius 2 is 2.39 bits per heavy atom. The zero-order chi connectivity index (χ0) is 13.1. The summed E-state index contributed by atoms with van der Waals surface area (Å²) in [6.45, 7) is 2.89. The summed E-state index contributed by atoms with van der Waals surface area (Å²) in [5, 5.41) is 0.170. The van der Waals surface area contributed by atoms with Crippen molar-refractivity contribution in [1.82, 2.24) is 5.43 Å². The van der Waals surface area contributed by atoms with Gasteiger partial charge in [0.2, 0.25) is 0 Å². The van der Waals surface area contributed by atoms with Crippen LogP contribution in [-0.2, 0) is 11.2 Å². The van der Waals surface area contributed by atoms with E-state index in [0.29, 0.717) is 12.3 Å². The first-order valence-corrected chi connectivity index (χ1v) is 6.52. The number of halogens is 2. The number of benzene rings is 1. The van der Waals surface area contributed by atoms with E-state index in [1.807, 2.05) is 6.07 Å². The number of hydrazine groups is 1. The molecule has 1 saturated heterocycles. The van der Waals surface area contributed by atoms with Crippen LogP contribution in [0, 0.1) is 11.7 Å². The molecule has 0 amide bonds. The molecule has 18 heavy (non-hydrogen) atoms. The predicted octanol–water partition coefficient (Wildman–Crippen LogP) is 2.28. The van der Waals surface area contributed by atoms with E-state index in [1.165, 1.54) is 6.07 Å². The van der Waals surface area contributed by atoms with Gasteiger partial charge in [-0.1, -0.05) is 30.7 Å². The largest absolute Gasteiger partial charge is 0.376 e. The smallest absolute Gasteiger partial charge is 0.142 e. The molecule has 1 heterocycles. The topological polar surface area (TPSA) is 47.3 Å². The summed E-state index contributed by atoms with van der Waals surface area (Å²) in [7, 11) is 0. The Labute approximate surface area is 111 Å². The first-order chi connectivity index (χ1) is 8.63. The maximum absolute atomic E-state index is 13.4. The Bertz CT molecular complexity index is 416. The zero-order valence-corrected chi connectivity index (χ0v) is 11.1. The van der Waals surface area contributed by atoms with Crippen LogP contribution in [0.4, 0.5) is 4.39 Å². The van der Waals surface area contributed by atoms with Gasteiger partial charge in [0.05, 0.1) is 17.2 Å². The van der Waals surface area contributed by atoms with Crippen LogP contribution in [0.5, 0.6) is 0 Å². The van der Waals surface area contributed by atoms with Gasteiger partial charge in [-0.2, -0.15) is 0 Å². The zero-order valence-electron chi connectivity index (χ0n) is 10.3. The second-order valence-corrected chi connectivity index (χ2v) is 5.17. The van der Waals surface area contributed by atoms with Crippen molar-refractivity contribution >= 4 is 11.6 Å². The quantitative estimate of drug-likeness (QED) is 0.653. The molecule has 3 unspecified atom stereocenters. The van der Waals surface area contributed by atoms with Crippen LogP contribution < -0.4 is 11.3 Å². The second-order valence-electron chi connectivity index (χ2n) is 4.79. The van der Waals surface area contributed by atoms with Crippen molar-refractivity contribution in [3.8, 4) is 0 Å². The third-order valence-electron chi connectivity index (χ3n) is 3.53. The number of nitrogens with two attached hydrogens (primary N) is 1. The number of rotatable bonds is 4. The van der Waals surface area contributed by atoms with E-state index in [9.17, 15) is 4.39 Å². The van der Waals surface area contributed by atoms with Gasteiger partial charge < -0.3 is 4.74 Å². The molecule has 2 rings (SSSR count). The standard InChI is InChI=1S/C13H18ClFN2O/c1-8-5-6-18-13(8)11(17-16)7-9-3-2-4-10(15)12(9)14/h2-4,8,11,13,17H,5-7,16H2,1H3. The fraction of sp³-hybridized carbons (Fsp3) is 0.538. The molecule has 0 spiro atoms. The van der Waals surface area contributed by atoms with Crippen LogP contribution in [-0.4, -0.2) is 18.8 Å². The van der Waals surface area contributed by atoms with Crippen molar-refractivity contribution < 1.29 is 9.13 Å². The SMILES string of the molecule is CC1CCOC1C(Cc1cccc(F)c1Cl)NN. The van der Waals surface area contributed by atoms with E-state index in [1.54, 1.807) is 6.07 Å². The Morgan fingerprint density at radius 3 is 3.00 bits per heavy atom. The maximum Gasteiger partial charge on any atom is 0.142 e. The van der Waals surface area contributed by atoms with E-state index in [2.05, 4.69) is 12.3 Å². The molecule has 100 valence electrons. The molecule has 1 aromatic rings. The molecule has 0 radical (unpaired) electrons. The van der Waals surface area contributed by atoms with Crippen molar-refractivity contribution in [2.45, 2.75) is 31.9 Å². The van der Waals surface area contributed by atoms with Crippen molar-refractivity contribution in [3.05, 3.63) is 34.6 Å². The Hall–Kier alpha value is -0.680. The van der Waals surface area contributed by atoms with Gasteiger partial charge >= 0.3 is 0 Å². The molecule has 0 aromatic heterocycles. The number of ether oxygens (including phenoxy) is 1. The minimum absolute atomic E-state index is 0.0503. The lowest BCUT2D eigenvalue weighted by Crippen LogP contribution is -2.47. The van der Waals surface area contributed by atoms with Crippen molar-refractivity contribution in [2.24, 2.45) is 11.8 Å². The van der Waals surface area contributed by atoms with Crippen molar-refractivity contribution in [3.63, 3.8) is 0 Å². The maximum atomic E-state index is 13.4. The second kappa shape index (κ2) is 5.97. The average molecular weight is 273 g/mol. The van der Waals surface area contributed by atoms with Crippen LogP contribution in [0.3, 0.4) is 0 Å². The third-order valence-corrected chi connectivity index (χ3v) is 3.95. The molecule has 1 aliphatic heterocycles. The first-order valence-electron chi connectivity index (χ1n) is 6.14. The number of nitrogens with one attached hydrogen (secondary N) is 1. The molecule has 3 nitrogen and oxygen atoms in total. The molecule has 3 atom stereocenters.